The molecule has 0 radical (unpaired) electrons. The fourth-order valence-corrected chi connectivity index (χ4v) is 9.51. The highest BCUT2D eigenvalue weighted by Crippen LogP contribution is 2.72. The van der Waals surface area contributed by atoms with Gasteiger partial charge in [-0.1, -0.05) is 13.0 Å². The number of nitrogens with zero attached hydrogens (tertiary/aromatic N) is 1. The Morgan fingerprint density at radius 1 is 1.21 bits per heavy atom. The highest BCUT2D eigenvalue weighted by molar-refractivity contribution is 6.01. The first-order chi connectivity index (χ1) is 20.5. The molecule has 0 spiro atoms. The highest BCUT2D eigenvalue weighted by atomic mass is 19.1. The fourth-order valence-electron chi connectivity index (χ4n) is 9.51. The van der Waals surface area contributed by atoms with Gasteiger partial charge in [-0.05, 0) is 81.2 Å². The molecule has 5 fully saturated rings. The number of allylic oxidation sites excluding steroid dienone is 4. The normalized spacial score (nSPS) is 45.2. The van der Waals surface area contributed by atoms with Crippen molar-refractivity contribution >= 4 is 17.5 Å². The van der Waals surface area contributed by atoms with Gasteiger partial charge < -0.3 is 19.0 Å². The number of hydrogen-bond donors (Lipinski definition) is 1. The van der Waals surface area contributed by atoms with Gasteiger partial charge in [-0.25, -0.2) is 13.8 Å². The highest BCUT2D eigenvalue weighted by Gasteiger charge is 2.80. The molecular formula is C32H37F2NO8. The second kappa shape index (κ2) is 9.89. The lowest BCUT2D eigenvalue weighted by Crippen LogP contribution is -2.70. The molecule has 2 saturated heterocycles. The molecule has 3 heterocycles. The summed E-state index contributed by atoms with van der Waals surface area (Å²) >= 11 is 0. The van der Waals surface area contributed by atoms with Gasteiger partial charge in [-0.3, -0.25) is 19.2 Å². The Kier molecular flexibility index (Phi) is 6.67. The summed E-state index contributed by atoms with van der Waals surface area (Å²) in [6, 6.07) is 3.08. The molecule has 9 nitrogen and oxygen atoms in total. The van der Waals surface area contributed by atoms with E-state index in [9.17, 15) is 19.5 Å². The lowest BCUT2D eigenvalue weighted by atomic mass is 9.44. The second-order valence-electron chi connectivity index (χ2n) is 13.5. The number of hydroxylamine groups is 2. The summed E-state index contributed by atoms with van der Waals surface area (Å²) in [5.74, 6) is -3.46. The van der Waals surface area contributed by atoms with Gasteiger partial charge in [0.25, 0.3) is 0 Å². The number of Topliss-reactive ketones (excluding diaryl/α,β-unsaturated/α-hetero) is 1. The van der Waals surface area contributed by atoms with Crippen LogP contribution in [-0.2, 0) is 23.9 Å². The van der Waals surface area contributed by atoms with E-state index in [0.29, 0.717) is 13.0 Å². The van der Waals surface area contributed by atoms with E-state index in [0.717, 1.165) is 24.0 Å². The molecule has 6 aliphatic rings. The van der Waals surface area contributed by atoms with Gasteiger partial charge in [0.15, 0.2) is 34.9 Å². The topological polar surface area (TPSA) is 116 Å². The predicted octanol–water partition coefficient (Wildman–Crippen LogP) is 4.06. The van der Waals surface area contributed by atoms with E-state index in [1.54, 1.807) is 19.9 Å². The van der Waals surface area contributed by atoms with Crippen LogP contribution in [0.3, 0.4) is 0 Å². The summed E-state index contributed by atoms with van der Waals surface area (Å²) in [5.41, 5.74) is -6.60. The predicted molar refractivity (Wildman–Crippen MR) is 146 cm³/mol. The number of aliphatic hydroxyl groups excluding tert-OH is 1. The van der Waals surface area contributed by atoms with Gasteiger partial charge in [0.2, 0.25) is 0 Å². The summed E-state index contributed by atoms with van der Waals surface area (Å²) < 4.78 is 50.4. The van der Waals surface area contributed by atoms with Crippen molar-refractivity contribution in [2.24, 2.45) is 28.6 Å². The molecule has 232 valence electrons. The maximum Gasteiger partial charge on any atom is 0.313 e. The number of aliphatic hydroxyl groups is 1. The quantitative estimate of drug-likeness (QED) is 0.538. The molecule has 0 aromatic carbocycles. The molecule has 4 aliphatic carbocycles. The Balaban J connectivity index is 1.27. The number of furan rings is 1. The second-order valence-corrected chi connectivity index (χ2v) is 13.5. The molecule has 2 aliphatic heterocycles. The first kappa shape index (κ1) is 29.0. The number of rotatable bonds is 5. The van der Waals surface area contributed by atoms with E-state index >= 15 is 8.78 Å². The zero-order valence-corrected chi connectivity index (χ0v) is 24.3. The molecule has 1 unspecified atom stereocenters. The summed E-state index contributed by atoms with van der Waals surface area (Å²) in [5, 5.41) is 12.9. The Morgan fingerprint density at radius 2 is 2.02 bits per heavy atom. The van der Waals surface area contributed by atoms with E-state index < -0.39 is 75.9 Å². The summed E-state index contributed by atoms with van der Waals surface area (Å²) in [6.07, 6.45) is 3.71. The van der Waals surface area contributed by atoms with Crippen LogP contribution in [0.2, 0.25) is 0 Å². The van der Waals surface area contributed by atoms with Crippen molar-refractivity contribution < 1.29 is 47.0 Å². The molecule has 1 aromatic rings. The molecule has 11 heteroatoms. The van der Waals surface area contributed by atoms with Crippen LogP contribution in [-0.4, -0.2) is 77.2 Å². The third-order valence-electron chi connectivity index (χ3n) is 11.5. The lowest BCUT2D eigenvalue weighted by Gasteiger charge is -2.63. The van der Waals surface area contributed by atoms with Crippen LogP contribution in [0.25, 0.3) is 0 Å². The minimum atomic E-state index is -2.29. The zero-order chi connectivity index (χ0) is 30.4. The van der Waals surface area contributed by atoms with Gasteiger partial charge in [-0.2, -0.15) is 0 Å². The molecule has 1 aromatic heterocycles. The number of hydrogen-bond acceptors (Lipinski definition) is 8. The molecular weight excluding hydrogens is 564 g/mol. The largest absolute Gasteiger partial charge is 0.459 e. The number of carbonyl (C=O) groups is 3. The Labute approximate surface area is 248 Å². The summed E-state index contributed by atoms with van der Waals surface area (Å²) in [6.45, 7) is 3.55. The number of ketones is 2. The third-order valence-corrected chi connectivity index (χ3v) is 11.5. The monoisotopic (exact) mass is 601 g/mol. The van der Waals surface area contributed by atoms with Crippen molar-refractivity contribution in [2.75, 3.05) is 19.8 Å². The lowest BCUT2D eigenvalue weighted by molar-refractivity contribution is -0.258. The van der Waals surface area contributed by atoms with Crippen molar-refractivity contribution in [3.05, 3.63) is 48.0 Å². The first-order valence-electron chi connectivity index (χ1n) is 15.2. The van der Waals surface area contributed by atoms with Crippen LogP contribution in [0.5, 0.6) is 0 Å². The van der Waals surface area contributed by atoms with Gasteiger partial charge in [0.1, 0.15) is 12.8 Å². The number of ether oxygens (including phenoxy) is 2. The molecule has 0 bridgehead atoms. The maximum atomic E-state index is 17.7. The Bertz CT molecular complexity index is 1390. The smallest absolute Gasteiger partial charge is 0.313 e. The third kappa shape index (κ3) is 3.83. The number of carbonyl (C=O) groups excluding carboxylic acids is 3. The summed E-state index contributed by atoms with van der Waals surface area (Å²) in [7, 11) is 0. The van der Waals surface area contributed by atoms with Crippen LogP contribution in [0.4, 0.5) is 8.78 Å². The summed E-state index contributed by atoms with van der Waals surface area (Å²) in [4.78, 5) is 46.3. The Hall–Kier alpha value is -2.73. The Morgan fingerprint density at radius 3 is 2.74 bits per heavy atom. The number of fused-ring (bicyclic) bond motifs is 7. The van der Waals surface area contributed by atoms with Crippen molar-refractivity contribution in [1.82, 2.24) is 5.06 Å². The van der Waals surface area contributed by atoms with Crippen LogP contribution < -0.4 is 0 Å². The van der Waals surface area contributed by atoms with Gasteiger partial charge in [0, 0.05) is 29.3 Å². The van der Waals surface area contributed by atoms with E-state index in [2.05, 4.69) is 0 Å². The van der Waals surface area contributed by atoms with Crippen molar-refractivity contribution in [2.45, 2.75) is 82.2 Å². The van der Waals surface area contributed by atoms with Gasteiger partial charge >= 0.3 is 5.91 Å². The van der Waals surface area contributed by atoms with E-state index in [-0.39, 0.29) is 43.7 Å². The zero-order valence-electron chi connectivity index (χ0n) is 24.3. The number of amides is 1. The minimum Gasteiger partial charge on any atom is -0.459 e. The van der Waals surface area contributed by atoms with E-state index in [1.807, 2.05) is 0 Å². The van der Waals surface area contributed by atoms with Gasteiger partial charge in [0.05, 0.1) is 18.9 Å². The van der Waals surface area contributed by atoms with Crippen LogP contribution in [0, 0.1) is 28.6 Å². The molecule has 1 amide bonds. The number of alkyl halides is 2. The first-order valence-corrected chi connectivity index (χ1v) is 15.2. The van der Waals surface area contributed by atoms with Crippen LogP contribution in [0.1, 0.15) is 62.9 Å². The molecule has 10 atom stereocenters. The van der Waals surface area contributed by atoms with Gasteiger partial charge in [-0.15, -0.1) is 0 Å². The molecule has 43 heavy (non-hydrogen) atoms. The van der Waals surface area contributed by atoms with Crippen molar-refractivity contribution in [1.29, 1.82) is 0 Å². The minimum absolute atomic E-state index is 0.0370. The van der Waals surface area contributed by atoms with E-state index in [4.69, 9.17) is 18.7 Å². The molecule has 3 saturated carbocycles. The molecule has 1 N–H and O–H groups in total. The van der Waals surface area contributed by atoms with Crippen molar-refractivity contribution in [3.8, 4) is 0 Å². The number of halogens is 2. The van der Waals surface area contributed by atoms with E-state index in [1.165, 1.54) is 24.5 Å². The average molecular weight is 602 g/mol. The SMILES string of the molecule is C[C@]12C=CC(=O)C=C1[C@@H](F)C[C@H]1[C@@H]3C[C@H]4CN(C(=O)c5ccco5)O[C@@]4(C(=O)COC4CCCCO4)[C@@]3(C)C[C@H](O)[C@@]12F. The maximum absolute atomic E-state index is 17.7. The van der Waals surface area contributed by atoms with Crippen molar-refractivity contribution in [3.63, 3.8) is 0 Å². The fraction of sp³-hybridized carbons (Fsp3) is 0.656. The molecule has 7 rings (SSSR count). The average Bonchev–Trinajstić information content (AvgIpc) is 3.71. The van der Waals surface area contributed by atoms with Crippen LogP contribution in [0.15, 0.2) is 46.6 Å². The van der Waals surface area contributed by atoms with Crippen LogP contribution >= 0.6 is 0 Å². The standard InChI is InChI=1S/C32H37F2NO8/c1-29-9-8-19(36)13-22(29)23(33)14-21-20-12-18-16-35(28(39)24-6-5-11-40-24)43-32(18,30(20,2)15-25(37)31(21,29)34)26(38)17-42-27-7-3-4-10-41-27/h5-6,8-9,11,13,18,20-21,23,25,27,37H,3-4,7,10,12,14-17H2,1-2H3/t18-,20-,21-,23-,25-,27?,29-,30-,31-,32-/m0/s1.